The van der Waals surface area contributed by atoms with E-state index in [0.29, 0.717) is 0 Å². The molecule has 0 aliphatic heterocycles. The lowest BCUT2D eigenvalue weighted by atomic mass is 10.0. The molecule has 3 nitrogen and oxygen atoms in total. The lowest BCUT2D eigenvalue weighted by Gasteiger charge is -2.26. The number of aromatic nitrogens is 1. The fraction of sp³-hybridized carbons (Fsp3) is 0. The number of hydrogen-bond acceptors (Lipinski definition) is 2. The third-order valence-electron chi connectivity index (χ3n) is 11.0. The van der Waals surface area contributed by atoms with Gasteiger partial charge in [0.15, 0.2) is 0 Å². The van der Waals surface area contributed by atoms with Crippen molar-refractivity contribution in [3.05, 3.63) is 206 Å². The molecule has 3 heteroatoms. The maximum atomic E-state index is 6.36. The van der Waals surface area contributed by atoms with Crippen LogP contribution in [0.4, 0.5) is 17.1 Å². The predicted octanol–water partition coefficient (Wildman–Crippen LogP) is 14.6. The summed E-state index contributed by atoms with van der Waals surface area (Å²) in [5.74, 6) is 0. The SMILES string of the molecule is c1ccc(-c2ccc(N(c3ccc(-c4cccc(-n5c6ccccc6c6cc7ccccc7cc65)c4)cc3)c3ccc4c(c3)oc3ccccc34)cc2)cc1. The molecule has 0 radical (unpaired) electrons. The van der Waals surface area contributed by atoms with Crippen LogP contribution in [0.3, 0.4) is 0 Å². The second-order valence-corrected chi connectivity index (χ2v) is 14.2. The third-order valence-corrected chi connectivity index (χ3v) is 11.0. The number of benzene rings is 9. The number of rotatable bonds is 6. The quantitative estimate of drug-likeness (QED) is 0.172. The monoisotopic (exact) mass is 702 g/mol. The zero-order chi connectivity index (χ0) is 36.3. The van der Waals surface area contributed by atoms with Crippen molar-refractivity contribution >= 4 is 71.6 Å². The van der Waals surface area contributed by atoms with E-state index < -0.39 is 0 Å². The Bertz CT molecular complexity index is 3190. The molecule has 0 bridgehead atoms. The van der Waals surface area contributed by atoms with Crippen LogP contribution < -0.4 is 4.90 Å². The van der Waals surface area contributed by atoms with Crippen LogP contribution in [0.1, 0.15) is 0 Å². The van der Waals surface area contributed by atoms with E-state index >= 15 is 0 Å². The summed E-state index contributed by atoms with van der Waals surface area (Å²) >= 11 is 0. The largest absolute Gasteiger partial charge is 0.456 e. The summed E-state index contributed by atoms with van der Waals surface area (Å²) in [6, 6.07) is 74.0. The highest BCUT2D eigenvalue weighted by Crippen LogP contribution is 2.41. The lowest BCUT2D eigenvalue weighted by Crippen LogP contribution is -2.09. The molecule has 55 heavy (non-hydrogen) atoms. The maximum Gasteiger partial charge on any atom is 0.137 e. The molecular weight excluding hydrogens is 669 g/mol. The van der Waals surface area contributed by atoms with E-state index in [4.69, 9.17) is 4.42 Å². The standard InChI is InChI=1S/C52H34N2O/c1-2-11-35(12-3-1)36-21-25-41(26-22-36)53(44-29-30-47-46-18-7-9-20-51(46)55-52(47)34-44)42-27-23-37(24-28-42)38-15-10-16-43(31-38)54-49-19-8-6-17-45(49)48-32-39-13-4-5-14-40(39)33-50(48)54/h1-34H. The average molecular weight is 703 g/mol. The second kappa shape index (κ2) is 12.6. The number of furan rings is 1. The van der Waals surface area contributed by atoms with E-state index in [9.17, 15) is 0 Å². The molecule has 2 heterocycles. The van der Waals surface area contributed by atoms with Gasteiger partial charge in [0.1, 0.15) is 11.2 Å². The fourth-order valence-electron chi connectivity index (χ4n) is 8.30. The molecule has 0 spiro atoms. The van der Waals surface area contributed by atoms with Gasteiger partial charge in [0.2, 0.25) is 0 Å². The van der Waals surface area contributed by atoms with E-state index in [-0.39, 0.29) is 0 Å². The van der Waals surface area contributed by atoms with Gasteiger partial charge in [-0.05, 0) is 106 Å². The summed E-state index contributed by atoms with van der Waals surface area (Å²) in [5, 5.41) is 7.27. The summed E-state index contributed by atoms with van der Waals surface area (Å²) < 4.78 is 8.76. The van der Waals surface area contributed by atoms with E-state index in [0.717, 1.165) is 50.3 Å². The number of nitrogens with zero attached hydrogens (tertiary/aromatic N) is 2. The normalized spacial score (nSPS) is 11.6. The van der Waals surface area contributed by atoms with Crippen molar-refractivity contribution in [1.82, 2.24) is 4.57 Å². The van der Waals surface area contributed by atoms with Crippen molar-refractivity contribution < 1.29 is 4.42 Å². The molecule has 0 saturated heterocycles. The van der Waals surface area contributed by atoms with Crippen molar-refractivity contribution in [2.24, 2.45) is 0 Å². The number of fused-ring (bicyclic) bond motifs is 7. The van der Waals surface area contributed by atoms with Gasteiger partial charge < -0.3 is 13.9 Å². The van der Waals surface area contributed by atoms with Crippen LogP contribution in [0.5, 0.6) is 0 Å². The minimum absolute atomic E-state index is 0.871. The van der Waals surface area contributed by atoms with Crippen molar-refractivity contribution in [2.75, 3.05) is 4.90 Å². The number of hydrogen-bond donors (Lipinski definition) is 0. The maximum absolute atomic E-state index is 6.36. The van der Waals surface area contributed by atoms with Crippen molar-refractivity contribution in [3.8, 4) is 27.9 Å². The smallest absolute Gasteiger partial charge is 0.137 e. The Morgan fingerprint density at radius 2 is 0.909 bits per heavy atom. The topological polar surface area (TPSA) is 21.3 Å². The molecule has 0 N–H and O–H groups in total. The number of anilines is 3. The Labute approximate surface area is 318 Å². The molecule has 0 saturated carbocycles. The minimum Gasteiger partial charge on any atom is -0.456 e. The van der Waals surface area contributed by atoms with Crippen LogP contribution in [-0.4, -0.2) is 4.57 Å². The van der Waals surface area contributed by atoms with Crippen LogP contribution in [0.15, 0.2) is 211 Å². The minimum atomic E-state index is 0.871. The van der Waals surface area contributed by atoms with E-state index in [1.54, 1.807) is 0 Å². The highest BCUT2D eigenvalue weighted by Gasteiger charge is 2.17. The van der Waals surface area contributed by atoms with Gasteiger partial charge in [0.05, 0.1) is 11.0 Å². The molecule has 2 aromatic heterocycles. The van der Waals surface area contributed by atoms with Crippen LogP contribution in [-0.2, 0) is 0 Å². The summed E-state index contributed by atoms with van der Waals surface area (Å²) in [6.45, 7) is 0. The van der Waals surface area contributed by atoms with Crippen molar-refractivity contribution in [3.63, 3.8) is 0 Å². The zero-order valence-corrected chi connectivity index (χ0v) is 29.9. The van der Waals surface area contributed by atoms with Gasteiger partial charge in [0.25, 0.3) is 0 Å². The van der Waals surface area contributed by atoms with E-state index in [1.165, 1.54) is 49.3 Å². The van der Waals surface area contributed by atoms with Gasteiger partial charge in [-0.2, -0.15) is 0 Å². The van der Waals surface area contributed by atoms with Gasteiger partial charge in [-0.15, -0.1) is 0 Å². The molecule has 0 fully saturated rings. The molecule has 258 valence electrons. The molecule has 11 aromatic rings. The third kappa shape index (κ3) is 5.28. The van der Waals surface area contributed by atoms with Crippen LogP contribution in [0.25, 0.3) is 82.5 Å². The molecule has 9 aromatic carbocycles. The van der Waals surface area contributed by atoms with Gasteiger partial charge in [-0.25, -0.2) is 0 Å². The first-order chi connectivity index (χ1) is 27.2. The molecular formula is C52H34N2O. The van der Waals surface area contributed by atoms with Gasteiger partial charge in [-0.3, -0.25) is 0 Å². The van der Waals surface area contributed by atoms with Gasteiger partial charge in [0, 0.05) is 50.4 Å². The predicted molar refractivity (Wildman–Crippen MR) is 231 cm³/mol. The molecule has 0 aliphatic carbocycles. The first-order valence-corrected chi connectivity index (χ1v) is 18.7. The zero-order valence-electron chi connectivity index (χ0n) is 29.9. The molecule has 0 atom stereocenters. The summed E-state index contributed by atoms with van der Waals surface area (Å²) in [7, 11) is 0. The first-order valence-electron chi connectivity index (χ1n) is 18.7. The van der Waals surface area contributed by atoms with Gasteiger partial charge >= 0.3 is 0 Å². The lowest BCUT2D eigenvalue weighted by molar-refractivity contribution is 0.669. The van der Waals surface area contributed by atoms with E-state index in [1.807, 2.05) is 12.1 Å². The summed E-state index contributed by atoms with van der Waals surface area (Å²) in [5.41, 5.74) is 13.2. The molecule has 0 unspecified atom stereocenters. The molecule has 0 amide bonds. The summed E-state index contributed by atoms with van der Waals surface area (Å²) in [6.07, 6.45) is 0. The molecule has 0 aliphatic rings. The Kier molecular flexibility index (Phi) is 7.17. The van der Waals surface area contributed by atoms with Crippen LogP contribution in [0.2, 0.25) is 0 Å². The highest BCUT2D eigenvalue weighted by molar-refractivity contribution is 6.13. The first kappa shape index (κ1) is 31.2. The highest BCUT2D eigenvalue weighted by atomic mass is 16.3. The number of para-hydroxylation sites is 2. The Morgan fingerprint density at radius 3 is 1.69 bits per heavy atom. The van der Waals surface area contributed by atoms with Crippen LogP contribution in [0, 0.1) is 0 Å². The van der Waals surface area contributed by atoms with Crippen molar-refractivity contribution in [1.29, 1.82) is 0 Å². The fourth-order valence-corrected chi connectivity index (χ4v) is 8.30. The van der Waals surface area contributed by atoms with Crippen molar-refractivity contribution in [2.45, 2.75) is 0 Å². The second-order valence-electron chi connectivity index (χ2n) is 14.2. The average Bonchev–Trinajstić information content (AvgIpc) is 3.79. The Balaban J connectivity index is 1.00. The van der Waals surface area contributed by atoms with E-state index in [2.05, 4.69) is 204 Å². The Morgan fingerprint density at radius 1 is 0.327 bits per heavy atom. The Hall–Kier alpha value is -7.36. The van der Waals surface area contributed by atoms with Crippen LogP contribution >= 0.6 is 0 Å². The summed E-state index contributed by atoms with van der Waals surface area (Å²) in [4.78, 5) is 2.31. The molecule has 11 rings (SSSR count). The van der Waals surface area contributed by atoms with Gasteiger partial charge in [-0.1, -0.05) is 127 Å².